The van der Waals surface area contributed by atoms with Crippen LogP contribution in [0.2, 0.25) is 0 Å². The molecule has 0 aromatic heterocycles. The van der Waals surface area contributed by atoms with Crippen LogP contribution in [0.3, 0.4) is 0 Å². The predicted octanol–water partition coefficient (Wildman–Crippen LogP) is 2.66. The van der Waals surface area contributed by atoms with E-state index in [1.807, 2.05) is 0 Å². The van der Waals surface area contributed by atoms with Crippen LogP contribution in [0, 0.1) is 18.7 Å². The maximum Gasteiger partial charge on any atom is 0.308 e. The van der Waals surface area contributed by atoms with E-state index in [2.05, 4.69) is 5.32 Å². The third kappa shape index (κ3) is 2.95. The topological polar surface area (TPSA) is 49.3 Å². The van der Waals surface area contributed by atoms with Crippen molar-refractivity contribution in [1.29, 1.82) is 0 Å². The minimum atomic E-state index is -0.848. The molecule has 1 aromatic rings. The summed E-state index contributed by atoms with van der Waals surface area (Å²) >= 11 is 0. The zero-order chi connectivity index (χ0) is 12.3. The molecule has 3 nitrogen and oxygen atoms in total. The van der Waals surface area contributed by atoms with Gasteiger partial charge in [0.05, 0.1) is 5.92 Å². The fourth-order valence-corrected chi connectivity index (χ4v) is 1.34. The third-order valence-corrected chi connectivity index (χ3v) is 2.69. The van der Waals surface area contributed by atoms with Gasteiger partial charge in [0.25, 0.3) is 0 Å². The summed E-state index contributed by atoms with van der Waals surface area (Å²) in [6.07, 6.45) is 0. The Hall–Kier alpha value is -1.58. The number of carboxylic acid groups (broad SMARTS) is 1. The third-order valence-electron chi connectivity index (χ3n) is 2.69. The molecule has 2 unspecified atom stereocenters. The van der Waals surface area contributed by atoms with E-state index in [0.29, 0.717) is 5.56 Å². The van der Waals surface area contributed by atoms with Gasteiger partial charge in [-0.3, -0.25) is 4.79 Å². The zero-order valence-corrected chi connectivity index (χ0v) is 9.62. The summed E-state index contributed by atoms with van der Waals surface area (Å²) in [4.78, 5) is 10.8. The highest BCUT2D eigenvalue weighted by molar-refractivity contribution is 5.71. The molecule has 0 aliphatic carbocycles. The molecule has 4 heteroatoms. The lowest BCUT2D eigenvalue weighted by Gasteiger charge is -2.19. The van der Waals surface area contributed by atoms with Crippen LogP contribution < -0.4 is 5.32 Å². The number of aryl methyl sites for hydroxylation is 1. The number of nitrogens with one attached hydrogen (secondary N) is 1. The molecule has 0 fully saturated rings. The number of carboxylic acids is 1. The van der Waals surface area contributed by atoms with Gasteiger partial charge in [0.15, 0.2) is 0 Å². The number of carbonyl (C=O) groups is 1. The van der Waals surface area contributed by atoms with Crippen LogP contribution in [0.25, 0.3) is 0 Å². The lowest BCUT2D eigenvalue weighted by atomic mass is 10.0. The van der Waals surface area contributed by atoms with E-state index in [1.165, 1.54) is 6.07 Å². The fraction of sp³-hybridized carbons (Fsp3) is 0.417. The Balaban J connectivity index is 2.73. The molecule has 2 N–H and O–H groups in total. The molecule has 0 aliphatic rings. The molecule has 0 heterocycles. The molecule has 0 spiro atoms. The highest BCUT2D eigenvalue weighted by Crippen LogP contribution is 2.16. The Morgan fingerprint density at radius 1 is 1.44 bits per heavy atom. The SMILES string of the molecule is Cc1cc(NC(C)C(C)C(=O)O)ccc1F. The molecule has 1 rings (SSSR count). The Morgan fingerprint density at radius 3 is 2.56 bits per heavy atom. The van der Waals surface area contributed by atoms with Gasteiger partial charge in [0.1, 0.15) is 5.82 Å². The van der Waals surface area contributed by atoms with Crippen molar-refractivity contribution in [3.63, 3.8) is 0 Å². The van der Waals surface area contributed by atoms with Crippen molar-refractivity contribution in [3.8, 4) is 0 Å². The molecule has 0 radical (unpaired) electrons. The number of benzene rings is 1. The summed E-state index contributed by atoms with van der Waals surface area (Å²) in [5.74, 6) is -1.60. The molecule has 16 heavy (non-hydrogen) atoms. The number of aliphatic carboxylic acids is 1. The van der Waals surface area contributed by atoms with E-state index >= 15 is 0 Å². The standard InChI is InChI=1S/C12H16FNO2/c1-7-6-10(4-5-11(7)13)14-9(3)8(2)12(15)16/h4-6,8-9,14H,1-3H3,(H,15,16). The van der Waals surface area contributed by atoms with Crippen molar-refractivity contribution in [2.75, 3.05) is 5.32 Å². The second-order valence-electron chi connectivity index (χ2n) is 4.02. The number of anilines is 1. The Morgan fingerprint density at radius 2 is 2.06 bits per heavy atom. The first-order chi connectivity index (χ1) is 7.41. The van der Waals surface area contributed by atoms with E-state index in [0.717, 1.165) is 5.69 Å². The minimum absolute atomic E-state index is 0.206. The van der Waals surface area contributed by atoms with Gasteiger partial charge in [-0.2, -0.15) is 0 Å². The van der Waals surface area contributed by atoms with Gasteiger partial charge >= 0.3 is 5.97 Å². The minimum Gasteiger partial charge on any atom is -0.481 e. The maximum absolute atomic E-state index is 13.0. The maximum atomic E-state index is 13.0. The first kappa shape index (κ1) is 12.5. The molecule has 88 valence electrons. The smallest absolute Gasteiger partial charge is 0.308 e. The second kappa shape index (κ2) is 4.96. The van der Waals surface area contributed by atoms with Crippen LogP contribution in [0.1, 0.15) is 19.4 Å². The van der Waals surface area contributed by atoms with Crippen molar-refractivity contribution >= 4 is 11.7 Å². The van der Waals surface area contributed by atoms with Crippen LogP contribution in [-0.2, 0) is 4.79 Å². The monoisotopic (exact) mass is 225 g/mol. The quantitative estimate of drug-likeness (QED) is 0.828. The Bertz CT molecular complexity index is 393. The highest BCUT2D eigenvalue weighted by atomic mass is 19.1. The van der Waals surface area contributed by atoms with Crippen LogP contribution in [0.15, 0.2) is 18.2 Å². The van der Waals surface area contributed by atoms with Gasteiger partial charge < -0.3 is 10.4 Å². The molecule has 0 bridgehead atoms. The molecule has 0 saturated carbocycles. The largest absolute Gasteiger partial charge is 0.481 e. The van der Waals surface area contributed by atoms with Crippen LogP contribution in [0.4, 0.5) is 10.1 Å². The lowest BCUT2D eigenvalue weighted by molar-refractivity contribution is -0.141. The summed E-state index contributed by atoms with van der Waals surface area (Å²) in [7, 11) is 0. The van der Waals surface area contributed by atoms with Crippen LogP contribution in [-0.4, -0.2) is 17.1 Å². The van der Waals surface area contributed by atoms with Crippen molar-refractivity contribution < 1.29 is 14.3 Å². The summed E-state index contributed by atoms with van der Waals surface area (Å²) in [6.45, 7) is 5.10. The molecular formula is C12H16FNO2. The second-order valence-corrected chi connectivity index (χ2v) is 4.02. The fourth-order valence-electron chi connectivity index (χ4n) is 1.34. The average molecular weight is 225 g/mol. The van der Waals surface area contributed by atoms with Crippen molar-refractivity contribution in [3.05, 3.63) is 29.6 Å². The van der Waals surface area contributed by atoms with Gasteiger partial charge in [-0.25, -0.2) is 4.39 Å². The van der Waals surface area contributed by atoms with Crippen molar-refractivity contribution in [2.24, 2.45) is 5.92 Å². The number of rotatable bonds is 4. The molecule has 1 aromatic carbocycles. The highest BCUT2D eigenvalue weighted by Gasteiger charge is 2.18. The van der Waals surface area contributed by atoms with E-state index in [-0.39, 0.29) is 11.9 Å². The zero-order valence-electron chi connectivity index (χ0n) is 9.62. The predicted molar refractivity (Wildman–Crippen MR) is 61.0 cm³/mol. The van der Waals surface area contributed by atoms with Gasteiger partial charge in [-0.1, -0.05) is 0 Å². The summed E-state index contributed by atoms with van der Waals surface area (Å²) in [5, 5.41) is 11.9. The van der Waals surface area contributed by atoms with Gasteiger partial charge in [-0.05, 0) is 44.5 Å². The Kier molecular flexibility index (Phi) is 3.88. The lowest BCUT2D eigenvalue weighted by Crippen LogP contribution is -2.29. The van der Waals surface area contributed by atoms with Crippen LogP contribution in [0.5, 0.6) is 0 Å². The van der Waals surface area contributed by atoms with Crippen molar-refractivity contribution in [1.82, 2.24) is 0 Å². The molecule has 0 aliphatic heterocycles. The number of halogens is 1. The average Bonchev–Trinajstić information content (AvgIpc) is 2.22. The van der Waals surface area contributed by atoms with E-state index in [4.69, 9.17) is 5.11 Å². The van der Waals surface area contributed by atoms with Gasteiger partial charge in [-0.15, -0.1) is 0 Å². The Labute approximate surface area is 94.3 Å². The van der Waals surface area contributed by atoms with Crippen LogP contribution >= 0.6 is 0 Å². The van der Waals surface area contributed by atoms with Gasteiger partial charge in [0, 0.05) is 11.7 Å². The molecule has 0 saturated heterocycles. The van der Waals surface area contributed by atoms with E-state index in [1.54, 1.807) is 32.9 Å². The van der Waals surface area contributed by atoms with Crippen molar-refractivity contribution in [2.45, 2.75) is 26.8 Å². The first-order valence-electron chi connectivity index (χ1n) is 5.17. The molecule has 0 amide bonds. The number of hydrogen-bond donors (Lipinski definition) is 2. The molecular weight excluding hydrogens is 209 g/mol. The van der Waals surface area contributed by atoms with E-state index < -0.39 is 11.9 Å². The number of hydrogen-bond acceptors (Lipinski definition) is 2. The normalized spacial score (nSPS) is 14.2. The first-order valence-corrected chi connectivity index (χ1v) is 5.17. The van der Waals surface area contributed by atoms with E-state index in [9.17, 15) is 9.18 Å². The van der Waals surface area contributed by atoms with Gasteiger partial charge in [0.2, 0.25) is 0 Å². The molecule has 2 atom stereocenters. The summed E-state index contributed by atoms with van der Waals surface area (Å²) in [5.41, 5.74) is 1.28. The summed E-state index contributed by atoms with van der Waals surface area (Å²) < 4.78 is 13.0. The summed E-state index contributed by atoms with van der Waals surface area (Å²) in [6, 6.07) is 4.44.